The first kappa shape index (κ1) is 14.8. The van der Waals surface area contributed by atoms with E-state index in [0.29, 0.717) is 17.4 Å². The summed E-state index contributed by atoms with van der Waals surface area (Å²) in [6.45, 7) is 0. The molecule has 0 aliphatic heterocycles. The SMILES string of the molecule is COc1ccc(/C=C/C(=O)/C=C(/N)C(F)(F)F)cc1. The van der Waals surface area contributed by atoms with Crippen LogP contribution in [0.1, 0.15) is 5.56 Å². The van der Waals surface area contributed by atoms with Crippen molar-refractivity contribution in [2.45, 2.75) is 6.18 Å². The Bertz CT molecular complexity index is 502. The van der Waals surface area contributed by atoms with E-state index in [1.807, 2.05) is 0 Å². The van der Waals surface area contributed by atoms with Gasteiger partial charge in [0.1, 0.15) is 11.4 Å². The van der Waals surface area contributed by atoms with E-state index in [-0.39, 0.29) is 0 Å². The molecule has 3 nitrogen and oxygen atoms in total. The number of nitrogens with two attached hydrogens (primary N) is 1. The zero-order valence-electron chi connectivity index (χ0n) is 10.1. The van der Waals surface area contributed by atoms with Crippen LogP contribution in [0.4, 0.5) is 13.2 Å². The molecule has 0 aliphatic carbocycles. The van der Waals surface area contributed by atoms with Gasteiger partial charge in [0.25, 0.3) is 0 Å². The lowest BCUT2D eigenvalue weighted by Gasteiger charge is -2.04. The van der Waals surface area contributed by atoms with Gasteiger partial charge in [-0.2, -0.15) is 13.2 Å². The number of alkyl halides is 3. The van der Waals surface area contributed by atoms with E-state index < -0.39 is 17.7 Å². The fourth-order valence-electron chi connectivity index (χ4n) is 1.18. The number of carbonyl (C=O) groups is 1. The summed E-state index contributed by atoms with van der Waals surface area (Å²) in [5.41, 5.74) is 3.96. The fraction of sp³-hybridized carbons (Fsp3) is 0.154. The van der Waals surface area contributed by atoms with E-state index in [2.05, 4.69) is 0 Å². The van der Waals surface area contributed by atoms with Crippen molar-refractivity contribution in [2.75, 3.05) is 7.11 Å². The first-order valence-electron chi connectivity index (χ1n) is 5.23. The van der Waals surface area contributed by atoms with Crippen LogP contribution in [0.15, 0.2) is 42.1 Å². The molecule has 0 aromatic heterocycles. The molecule has 102 valence electrons. The fourth-order valence-corrected chi connectivity index (χ4v) is 1.18. The van der Waals surface area contributed by atoms with Gasteiger partial charge in [-0.25, -0.2) is 0 Å². The molecule has 0 unspecified atom stereocenters. The molecular weight excluding hydrogens is 259 g/mol. The Morgan fingerprint density at radius 2 is 1.84 bits per heavy atom. The molecule has 0 fully saturated rings. The minimum atomic E-state index is -4.69. The lowest BCUT2D eigenvalue weighted by Crippen LogP contribution is -2.20. The Morgan fingerprint density at radius 3 is 2.32 bits per heavy atom. The van der Waals surface area contributed by atoms with Crippen molar-refractivity contribution >= 4 is 11.9 Å². The van der Waals surface area contributed by atoms with Crippen LogP contribution >= 0.6 is 0 Å². The van der Waals surface area contributed by atoms with Gasteiger partial charge in [0, 0.05) is 6.08 Å². The highest BCUT2D eigenvalue weighted by Gasteiger charge is 2.31. The van der Waals surface area contributed by atoms with E-state index in [4.69, 9.17) is 10.5 Å². The molecule has 1 aromatic rings. The van der Waals surface area contributed by atoms with Gasteiger partial charge in [-0.3, -0.25) is 4.79 Å². The third kappa shape index (κ3) is 4.87. The Morgan fingerprint density at radius 1 is 1.26 bits per heavy atom. The molecule has 0 atom stereocenters. The van der Waals surface area contributed by atoms with Gasteiger partial charge in [-0.15, -0.1) is 0 Å². The van der Waals surface area contributed by atoms with Crippen LogP contribution in [0.2, 0.25) is 0 Å². The Hall–Kier alpha value is -2.24. The second-order valence-corrected chi connectivity index (χ2v) is 3.61. The lowest BCUT2D eigenvalue weighted by atomic mass is 10.2. The van der Waals surface area contributed by atoms with Crippen LogP contribution in [0.5, 0.6) is 5.75 Å². The molecular formula is C13H12F3NO2. The molecule has 0 saturated carbocycles. The maximum absolute atomic E-state index is 12.1. The van der Waals surface area contributed by atoms with Crippen LogP contribution in [0, 0.1) is 0 Å². The van der Waals surface area contributed by atoms with E-state index in [9.17, 15) is 18.0 Å². The Labute approximate surface area is 108 Å². The van der Waals surface area contributed by atoms with Gasteiger partial charge in [-0.05, 0) is 23.8 Å². The largest absolute Gasteiger partial charge is 0.497 e. The number of hydrogen-bond donors (Lipinski definition) is 1. The zero-order chi connectivity index (χ0) is 14.5. The second kappa shape index (κ2) is 6.08. The van der Waals surface area contributed by atoms with E-state index >= 15 is 0 Å². The topological polar surface area (TPSA) is 52.3 Å². The zero-order valence-corrected chi connectivity index (χ0v) is 10.1. The first-order chi connectivity index (χ1) is 8.82. The summed E-state index contributed by atoms with van der Waals surface area (Å²) in [4.78, 5) is 11.2. The molecule has 0 saturated heterocycles. The van der Waals surface area contributed by atoms with E-state index in [1.54, 1.807) is 24.3 Å². The van der Waals surface area contributed by atoms with Crippen LogP contribution in [0.3, 0.4) is 0 Å². The summed E-state index contributed by atoms with van der Waals surface area (Å²) < 4.78 is 41.2. The summed E-state index contributed by atoms with van der Waals surface area (Å²) in [5.74, 6) is -0.185. The standard InChI is InChI=1S/C13H12F3NO2/c1-19-11-6-3-9(4-7-11)2-5-10(18)8-12(17)13(14,15)16/h2-8H,17H2,1H3/b5-2+,12-8+. The number of carbonyl (C=O) groups excluding carboxylic acids is 1. The number of ketones is 1. The monoisotopic (exact) mass is 271 g/mol. The quantitative estimate of drug-likeness (QED) is 0.856. The van der Waals surface area contributed by atoms with Crippen molar-refractivity contribution in [2.24, 2.45) is 5.73 Å². The summed E-state index contributed by atoms with van der Waals surface area (Å²) >= 11 is 0. The van der Waals surface area contributed by atoms with Crippen molar-refractivity contribution in [3.8, 4) is 5.75 Å². The Kier molecular flexibility index (Phi) is 4.74. The molecule has 1 rings (SSSR count). The van der Waals surface area contributed by atoms with Gasteiger partial charge in [0.2, 0.25) is 0 Å². The van der Waals surface area contributed by atoms with Crippen molar-refractivity contribution in [3.05, 3.63) is 47.7 Å². The first-order valence-corrected chi connectivity index (χ1v) is 5.23. The molecule has 1 aromatic carbocycles. The average Bonchev–Trinajstić information content (AvgIpc) is 2.35. The highest BCUT2D eigenvalue weighted by Crippen LogP contribution is 2.21. The summed E-state index contributed by atoms with van der Waals surface area (Å²) in [5, 5.41) is 0. The van der Waals surface area contributed by atoms with Gasteiger partial charge < -0.3 is 10.5 Å². The van der Waals surface area contributed by atoms with Gasteiger partial charge in [0.05, 0.1) is 7.11 Å². The summed E-state index contributed by atoms with van der Waals surface area (Å²) in [6, 6.07) is 6.67. The number of hydrogen-bond acceptors (Lipinski definition) is 3. The second-order valence-electron chi connectivity index (χ2n) is 3.61. The maximum atomic E-state index is 12.1. The van der Waals surface area contributed by atoms with E-state index in [1.165, 1.54) is 13.2 Å². The van der Waals surface area contributed by atoms with Crippen LogP contribution in [0.25, 0.3) is 6.08 Å². The highest BCUT2D eigenvalue weighted by atomic mass is 19.4. The normalized spacial score (nSPS) is 12.7. The van der Waals surface area contributed by atoms with E-state index in [0.717, 1.165) is 6.08 Å². The third-order valence-electron chi connectivity index (χ3n) is 2.18. The summed E-state index contributed by atoms with van der Waals surface area (Å²) in [7, 11) is 1.51. The van der Waals surface area contributed by atoms with Crippen molar-refractivity contribution < 1.29 is 22.7 Å². The molecule has 0 radical (unpaired) electrons. The molecule has 19 heavy (non-hydrogen) atoms. The van der Waals surface area contributed by atoms with Crippen LogP contribution < -0.4 is 10.5 Å². The summed E-state index contributed by atoms with van der Waals surface area (Å²) in [6.07, 6.45) is -1.94. The molecule has 0 bridgehead atoms. The molecule has 0 spiro atoms. The smallest absolute Gasteiger partial charge is 0.430 e. The number of halogens is 3. The minimum absolute atomic E-state index is 0.347. The van der Waals surface area contributed by atoms with Crippen molar-refractivity contribution in [1.29, 1.82) is 0 Å². The lowest BCUT2D eigenvalue weighted by molar-refractivity contribution is -0.112. The molecule has 0 aliphatic rings. The van der Waals surface area contributed by atoms with Gasteiger partial charge in [-0.1, -0.05) is 18.2 Å². The predicted octanol–water partition coefficient (Wildman–Crippen LogP) is 2.68. The molecule has 0 heterocycles. The number of benzene rings is 1. The molecule has 6 heteroatoms. The molecule has 0 amide bonds. The maximum Gasteiger partial charge on any atom is 0.430 e. The van der Waals surface area contributed by atoms with Crippen molar-refractivity contribution in [1.82, 2.24) is 0 Å². The van der Waals surface area contributed by atoms with Crippen LogP contribution in [-0.2, 0) is 4.79 Å². The minimum Gasteiger partial charge on any atom is -0.497 e. The number of rotatable bonds is 4. The molecule has 2 N–H and O–H groups in total. The van der Waals surface area contributed by atoms with Crippen LogP contribution in [-0.4, -0.2) is 19.1 Å². The average molecular weight is 271 g/mol. The van der Waals surface area contributed by atoms with Crippen molar-refractivity contribution in [3.63, 3.8) is 0 Å². The Balaban J connectivity index is 2.73. The number of ether oxygens (including phenoxy) is 1. The number of allylic oxidation sites excluding steroid dienone is 3. The van der Waals surface area contributed by atoms with Gasteiger partial charge in [0.15, 0.2) is 5.78 Å². The van der Waals surface area contributed by atoms with Gasteiger partial charge >= 0.3 is 6.18 Å². The predicted molar refractivity (Wildman–Crippen MR) is 65.4 cm³/mol. The highest BCUT2D eigenvalue weighted by molar-refractivity contribution is 6.02. The number of methoxy groups -OCH3 is 1. The third-order valence-corrected chi connectivity index (χ3v) is 2.18.